The smallest absolute Gasteiger partial charge is 0.330 e. The lowest BCUT2D eigenvalue weighted by Gasteiger charge is -2.25. The van der Waals surface area contributed by atoms with Gasteiger partial charge in [-0.15, -0.1) is 0 Å². The van der Waals surface area contributed by atoms with E-state index in [1.165, 1.54) is 11.7 Å². The van der Waals surface area contributed by atoms with E-state index in [0.717, 1.165) is 16.5 Å². The molecule has 0 bridgehead atoms. The molecule has 0 saturated carbocycles. The molecule has 2 aromatic carbocycles. The summed E-state index contributed by atoms with van der Waals surface area (Å²) in [4.78, 5) is 45.5. The van der Waals surface area contributed by atoms with Crippen molar-refractivity contribution < 1.29 is 9.53 Å². The fraction of sp³-hybridized carbons (Fsp3) is 0.208. The monoisotopic (exact) mass is 447 g/mol. The second-order valence-electron chi connectivity index (χ2n) is 7.65. The van der Waals surface area contributed by atoms with Gasteiger partial charge < -0.3 is 20.4 Å². The van der Waals surface area contributed by atoms with Crippen LogP contribution in [0.5, 0.6) is 0 Å². The highest BCUT2D eigenvalue weighted by atomic mass is 16.5. The normalized spacial score (nSPS) is 11.1. The molecule has 9 heteroatoms. The van der Waals surface area contributed by atoms with Crippen LogP contribution in [0.25, 0.3) is 10.9 Å². The highest BCUT2D eigenvalue weighted by molar-refractivity contribution is 6.09. The number of rotatable bonds is 9. The zero-order valence-corrected chi connectivity index (χ0v) is 18.2. The SMILES string of the molecule is COCCN(CC(=O)c1c[nH]c2ccccc12)c1c(N)n(Cc2ccccc2)c(=O)[nH]c1=O. The second-order valence-corrected chi connectivity index (χ2v) is 7.65. The molecule has 4 N–H and O–H groups in total. The minimum Gasteiger partial charge on any atom is -0.383 e. The molecule has 33 heavy (non-hydrogen) atoms. The Morgan fingerprint density at radius 2 is 1.82 bits per heavy atom. The van der Waals surface area contributed by atoms with E-state index in [1.807, 2.05) is 54.6 Å². The van der Waals surface area contributed by atoms with E-state index in [4.69, 9.17) is 10.5 Å². The average Bonchev–Trinajstić information content (AvgIpc) is 3.25. The molecule has 0 unspecified atom stereocenters. The van der Waals surface area contributed by atoms with Crippen LogP contribution in [0.15, 0.2) is 70.4 Å². The average molecular weight is 447 g/mol. The summed E-state index contributed by atoms with van der Waals surface area (Å²) in [6.45, 7) is 0.575. The number of ether oxygens (including phenoxy) is 1. The number of H-pyrrole nitrogens is 2. The summed E-state index contributed by atoms with van der Waals surface area (Å²) in [5.74, 6) is -0.196. The number of nitrogen functional groups attached to an aromatic ring is 1. The van der Waals surface area contributed by atoms with Crippen LogP contribution in [0.3, 0.4) is 0 Å². The molecular weight excluding hydrogens is 422 g/mol. The molecule has 0 aliphatic rings. The number of benzene rings is 2. The molecule has 4 aromatic rings. The van der Waals surface area contributed by atoms with Crippen molar-refractivity contribution in [3.05, 3.63) is 92.8 Å². The Morgan fingerprint density at radius 3 is 2.58 bits per heavy atom. The van der Waals surface area contributed by atoms with Crippen LogP contribution in [0.1, 0.15) is 15.9 Å². The molecule has 2 heterocycles. The summed E-state index contributed by atoms with van der Waals surface area (Å²) in [6.07, 6.45) is 1.66. The van der Waals surface area contributed by atoms with Gasteiger partial charge in [-0.25, -0.2) is 4.79 Å². The zero-order valence-electron chi connectivity index (χ0n) is 18.2. The predicted molar refractivity (Wildman–Crippen MR) is 128 cm³/mol. The van der Waals surface area contributed by atoms with Gasteiger partial charge in [-0.1, -0.05) is 48.5 Å². The number of aromatic amines is 2. The number of anilines is 2. The Hall–Kier alpha value is -4.11. The Labute approximate surface area is 189 Å². The first kappa shape index (κ1) is 22.1. The molecule has 4 rings (SSSR count). The van der Waals surface area contributed by atoms with Crippen LogP contribution in [-0.2, 0) is 11.3 Å². The summed E-state index contributed by atoms with van der Waals surface area (Å²) in [7, 11) is 1.53. The van der Waals surface area contributed by atoms with E-state index in [-0.39, 0.29) is 43.5 Å². The van der Waals surface area contributed by atoms with E-state index in [2.05, 4.69) is 9.97 Å². The number of para-hydroxylation sites is 1. The molecule has 0 aliphatic heterocycles. The third-order valence-electron chi connectivity index (χ3n) is 5.50. The van der Waals surface area contributed by atoms with E-state index in [9.17, 15) is 14.4 Å². The lowest BCUT2D eigenvalue weighted by atomic mass is 10.1. The van der Waals surface area contributed by atoms with Crippen LogP contribution >= 0.6 is 0 Å². The molecule has 0 spiro atoms. The number of nitrogens with two attached hydrogens (primary N) is 1. The molecule has 170 valence electrons. The summed E-state index contributed by atoms with van der Waals surface area (Å²) in [5, 5.41) is 0.796. The second kappa shape index (κ2) is 9.58. The van der Waals surface area contributed by atoms with Gasteiger partial charge in [-0.2, -0.15) is 0 Å². The van der Waals surface area contributed by atoms with Gasteiger partial charge in [0.2, 0.25) is 0 Å². The van der Waals surface area contributed by atoms with Crippen LogP contribution in [0.4, 0.5) is 11.5 Å². The first-order valence-electron chi connectivity index (χ1n) is 10.5. The minimum atomic E-state index is -0.648. The summed E-state index contributed by atoms with van der Waals surface area (Å²) >= 11 is 0. The summed E-state index contributed by atoms with van der Waals surface area (Å²) < 4.78 is 6.48. The molecular formula is C24H25N5O4. The molecule has 0 radical (unpaired) electrons. The van der Waals surface area contributed by atoms with Gasteiger partial charge in [0, 0.05) is 36.3 Å². The largest absolute Gasteiger partial charge is 0.383 e. The van der Waals surface area contributed by atoms with E-state index in [0.29, 0.717) is 5.56 Å². The molecule has 0 aliphatic carbocycles. The lowest BCUT2D eigenvalue weighted by molar-refractivity contribution is 0.0998. The Bertz CT molecular complexity index is 1390. The van der Waals surface area contributed by atoms with E-state index >= 15 is 0 Å². The number of nitrogens with zero attached hydrogens (tertiary/aromatic N) is 2. The fourth-order valence-corrected chi connectivity index (χ4v) is 3.84. The number of Topliss-reactive ketones (excluding diaryl/α,β-unsaturated/α-hetero) is 1. The maximum Gasteiger partial charge on any atom is 0.330 e. The van der Waals surface area contributed by atoms with Gasteiger partial charge >= 0.3 is 5.69 Å². The van der Waals surface area contributed by atoms with Crippen LogP contribution in [0, 0.1) is 0 Å². The third-order valence-corrected chi connectivity index (χ3v) is 5.50. The molecule has 0 amide bonds. The van der Waals surface area contributed by atoms with Crippen molar-refractivity contribution in [2.45, 2.75) is 6.54 Å². The highest BCUT2D eigenvalue weighted by Gasteiger charge is 2.23. The lowest BCUT2D eigenvalue weighted by Crippen LogP contribution is -2.41. The van der Waals surface area contributed by atoms with Crippen molar-refractivity contribution >= 4 is 28.2 Å². The van der Waals surface area contributed by atoms with Gasteiger partial charge in [-0.3, -0.25) is 19.1 Å². The number of ketones is 1. The Morgan fingerprint density at radius 1 is 1.09 bits per heavy atom. The highest BCUT2D eigenvalue weighted by Crippen LogP contribution is 2.21. The van der Waals surface area contributed by atoms with Crippen molar-refractivity contribution in [2.75, 3.05) is 37.4 Å². The van der Waals surface area contributed by atoms with Crippen molar-refractivity contribution in [3.8, 4) is 0 Å². The number of fused-ring (bicyclic) bond motifs is 1. The quantitative estimate of drug-likeness (QED) is 0.337. The van der Waals surface area contributed by atoms with Gasteiger partial charge in [0.25, 0.3) is 5.56 Å². The zero-order chi connectivity index (χ0) is 23.4. The number of carbonyl (C=O) groups is 1. The molecule has 0 fully saturated rings. The topological polar surface area (TPSA) is 126 Å². The van der Waals surface area contributed by atoms with Crippen LogP contribution in [0.2, 0.25) is 0 Å². The number of carbonyl (C=O) groups excluding carboxylic acids is 1. The first-order chi connectivity index (χ1) is 16.0. The van der Waals surface area contributed by atoms with Gasteiger partial charge in [0.1, 0.15) is 11.5 Å². The first-order valence-corrected chi connectivity index (χ1v) is 10.5. The summed E-state index contributed by atoms with van der Waals surface area (Å²) in [6, 6.07) is 16.8. The van der Waals surface area contributed by atoms with E-state index < -0.39 is 11.2 Å². The van der Waals surface area contributed by atoms with Crippen molar-refractivity contribution in [3.63, 3.8) is 0 Å². The minimum absolute atomic E-state index is 0.00423. The maximum atomic E-state index is 13.2. The number of nitrogens with one attached hydrogen (secondary N) is 2. The van der Waals surface area contributed by atoms with Gasteiger partial charge in [0.15, 0.2) is 5.78 Å². The number of methoxy groups -OCH3 is 1. The number of aromatic nitrogens is 3. The van der Waals surface area contributed by atoms with Crippen molar-refractivity contribution in [1.29, 1.82) is 0 Å². The van der Waals surface area contributed by atoms with Crippen LogP contribution < -0.4 is 21.9 Å². The molecule has 0 saturated heterocycles. The number of hydrogen-bond acceptors (Lipinski definition) is 6. The standard InChI is InChI=1S/C24H25N5O4/c1-33-12-11-28(15-20(30)18-13-26-19-10-6-5-9-17(18)19)21-22(25)29(24(32)27-23(21)31)14-16-7-3-2-4-8-16/h2-10,13,26H,11-12,14-15,25H2,1H3,(H,27,31,32). The maximum absolute atomic E-state index is 13.2. The molecule has 0 atom stereocenters. The predicted octanol–water partition coefficient (Wildman–Crippen LogP) is 1.98. The van der Waals surface area contributed by atoms with Gasteiger partial charge in [-0.05, 0) is 11.6 Å². The van der Waals surface area contributed by atoms with Crippen LogP contribution in [-0.4, -0.2) is 47.1 Å². The fourth-order valence-electron chi connectivity index (χ4n) is 3.84. The van der Waals surface area contributed by atoms with Gasteiger partial charge in [0.05, 0.1) is 19.7 Å². The number of hydrogen-bond donors (Lipinski definition) is 3. The van der Waals surface area contributed by atoms with Crippen molar-refractivity contribution in [1.82, 2.24) is 14.5 Å². The third kappa shape index (κ3) is 4.58. The Balaban J connectivity index is 1.72. The van der Waals surface area contributed by atoms with Crippen molar-refractivity contribution in [2.24, 2.45) is 0 Å². The molecule has 2 aromatic heterocycles. The Kier molecular flexibility index (Phi) is 6.41. The molecule has 9 nitrogen and oxygen atoms in total. The van der Waals surface area contributed by atoms with E-state index in [1.54, 1.807) is 11.1 Å². The summed E-state index contributed by atoms with van der Waals surface area (Å²) in [5.41, 5.74) is 7.35.